The van der Waals surface area contributed by atoms with Crippen LogP contribution in [0.25, 0.3) is 0 Å². The Morgan fingerprint density at radius 1 is 0.818 bits per heavy atom. The van der Waals surface area contributed by atoms with Gasteiger partial charge < -0.3 is 13.6 Å². The summed E-state index contributed by atoms with van der Waals surface area (Å²) in [6.07, 6.45) is 3.50. The van der Waals surface area contributed by atoms with Gasteiger partial charge in [0.25, 0.3) is 0 Å². The van der Waals surface area contributed by atoms with Gasteiger partial charge in [-0.3, -0.25) is 4.98 Å². The van der Waals surface area contributed by atoms with Crippen molar-refractivity contribution in [2.75, 3.05) is 0 Å². The summed E-state index contributed by atoms with van der Waals surface area (Å²) in [6, 6.07) is 5.72. The van der Waals surface area contributed by atoms with Crippen LogP contribution in [0.15, 0.2) is 30.6 Å². The summed E-state index contributed by atoms with van der Waals surface area (Å²) in [5, 5.41) is 0. The molecule has 0 fully saturated rings. The maximum Gasteiger partial charge on any atom is 0.0267 e. The van der Waals surface area contributed by atoms with Gasteiger partial charge in [-0.2, -0.15) is 0 Å². The number of hydrogen-bond donors (Lipinski definition) is 1. The molecule has 0 radical (unpaired) electrons. The van der Waals surface area contributed by atoms with Crippen molar-refractivity contribution in [3.05, 3.63) is 38.0 Å². The third-order valence-corrected chi connectivity index (χ3v) is 0.566. The fourth-order valence-corrected chi connectivity index (χ4v) is 0.313. The average molecular weight is 379 g/mol. The molecule has 3 N–H and O–H groups in total. The number of aromatic nitrogens is 1. The van der Waals surface area contributed by atoms with Crippen LogP contribution in [0, 0.1) is 7.43 Å². The molecular formula is C6H13Cl2N2Pt-. The summed E-state index contributed by atoms with van der Waals surface area (Å²) in [5.74, 6) is 0. The molecule has 0 atom stereocenters. The zero-order valence-corrected chi connectivity index (χ0v) is 10.1. The Morgan fingerprint density at radius 3 is 1.27 bits per heavy atom. The number of nitrogens with zero attached hydrogens (tertiary/aromatic N) is 1. The van der Waals surface area contributed by atoms with Crippen molar-refractivity contribution in [2.45, 2.75) is 0 Å². The van der Waals surface area contributed by atoms with Gasteiger partial charge >= 0.3 is 0 Å². The molecule has 0 spiro atoms. The molecule has 0 aliphatic rings. The molecular weight excluding hydrogens is 366 g/mol. The van der Waals surface area contributed by atoms with Crippen LogP contribution in [0.4, 0.5) is 0 Å². The SMILES string of the molecule is Cl.Cl.N.[CH3-].[Pt].c1ccncc1. The van der Waals surface area contributed by atoms with Gasteiger partial charge in [-0.1, -0.05) is 6.07 Å². The molecule has 1 aromatic heterocycles. The predicted molar refractivity (Wildman–Crippen MR) is 50.2 cm³/mol. The monoisotopic (exact) mass is 378 g/mol. The third kappa shape index (κ3) is 17.9. The molecule has 2 nitrogen and oxygen atoms in total. The van der Waals surface area contributed by atoms with Crippen molar-refractivity contribution in [2.24, 2.45) is 0 Å². The van der Waals surface area contributed by atoms with E-state index in [0.29, 0.717) is 0 Å². The molecule has 1 heterocycles. The summed E-state index contributed by atoms with van der Waals surface area (Å²) < 4.78 is 0. The van der Waals surface area contributed by atoms with Crippen molar-refractivity contribution in [3.8, 4) is 0 Å². The largest absolute Gasteiger partial charge is 0.358 e. The van der Waals surface area contributed by atoms with E-state index in [0.717, 1.165) is 0 Å². The summed E-state index contributed by atoms with van der Waals surface area (Å²) in [7, 11) is 0. The second kappa shape index (κ2) is 22.4. The van der Waals surface area contributed by atoms with E-state index in [2.05, 4.69) is 4.98 Å². The van der Waals surface area contributed by atoms with Gasteiger partial charge in [0.15, 0.2) is 0 Å². The number of pyridine rings is 1. The van der Waals surface area contributed by atoms with E-state index in [4.69, 9.17) is 0 Å². The van der Waals surface area contributed by atoms with Gasteiger partial charge in [0.1, 0.15) is 0 Å². The quantitative estimate of drug-likeness (QED) is 0.705. The minimum atomic E-state index is 0. The molecule has 0 bridgehead atoms. The number of hydrogen-bond acceptors (Lipinski definition) is 2. The summed E-state index contributed by atoms with van der Waals surface area (Å²) in [5.41, 5.74) is 0. The molecule has 5 heteroatoms. The molecule has 0 amide bonds. The van der Waals surface area contributed by atoms with E-state index in [9.17, 15) is 0 Å². The second-order valence-corrected chi connectivity index (χ2v) is 1.02. The summed E-state index contributed by atoms with van der Waals surface area (Å²) in [4.78, 5) is 3.78. The number of rotatable bonds is 0. The molecule has 11 heavy (non-hydrogen) atoms. The first-order chi connectivity index (χ1) is 3.00. The van der Waals surface area contributed by atoms with Gasteiger partial charge in [0.2, 0.25) is 0 Å². The molecule has 0 saturated heterocycles. The maximum absolute atomic E-state index is 3.78. The van der Waals surface area contributed by atoms with Crippen LogP contribution < -0.4 is 6.15 Å². The maximum atomic E-state index is 3.78. The minimum absolute atomic E-state index is 0. The molecule has 1 aromatic rings. The second-order valence-electron chi connectivity index (χ2n) is 1.02. The van der Waals surface area contributed by atoms with Crippen molar-refractivity contribution in [3.63, 3.8) is 0 Å². The average Bonchev–Trinajstić information content (AvgIpc) is 1.72. The van der Waals surface area contributed by atoms with Crippen LogP contribution >= 0.6 is 24.8 Å². The first kappa shape index (κ1) is 30.1. The summed E-state index contributed by atoms with van der Waals surface area (Å²) >= 11 is 0. The van der Waals surface area contributed by atoms with E-state index in [1.807, 2.05) is 18.2 Å². The smallest absolute Gasteiger partial charge is 0.0267 e. The van der Waals surface area contributed by atoms with Crippen molar-refractivity contribution in [1.29, 1.82) is 0 Å². The Bertz CT molecular complexity index is 90.5. The first-order valence-electron chi connectivity index (χ1n) is 1.85. The minimum Gasteiger partial charge on any atom is -0.358 e. The molecule has 0 saturated carbocycles. The molecule has 0 aliphatic carbocycles. The van der Waals surface area contributed by atoms with E-state index >= 15 is 0 Å². The van der Waals surface area contributed by atoms with E-state index in [1.54, 1.807) is 12.4 Å². The van der Waals surface area contributed by atoms with Gasteiger partial charge in [0.05, 0.1) is 0 Å². The van der Waals surface area contributed by atoms with Crippen molar-refractivity contribution < 1.29 is 21.1 Å². The van der Waals surface area contributed by atoms with Gasteiger partial charge in [-0.05, 0) is 12.1 Å². The van der Waals surface area contributed by atoms with E-state index < -0.39 is 0 Å². The Balaban J connectivity index is -0.0000000240. The Morgan fingerprint density at radius 2 is 1.18 bits per heavy atom. The molecule has 0 aliphatic heterocycles. The normalized spacial score (nSPS) is 4.36. The molecule has 0 aromatic carbocycles. The molecule has 0 unspecified atom stereocenters. The van der Waals surface area contributed by atoms with Gasteiger partial charge in [0, 0.05) is 33.5 Å². The van der Waals surface area contributed by atoms with Crippen LogP contribution in [-0.2, 0) is 21.1 Å². The summed E-state index contributed by atoms with van der Waals surface area (Å²) in [6.45, 7) is 0. The van der Waals surface area contributed by atoms with Crippen LogP contribution in [0.2, 0.25) is 0 Å². The fraction of sp³-hybridized carbons (Fsp3) is 0. The third-order valence-electron chi connectivity index (χ3n) is 0.566. The van der Waals surface area contributed by atoms with Crippen molar-refractivity contribution >= 4 is 24.8 Å². The van der Waals surface area contributed by atoms with Crippen molar-refractivity contribution in [1.82, 2.24) is 11.1 Å². The zero-order valence-electron chi connectivity index (χ0n) is 6.17. The standard InChI is InChI=1S/C5H5N.CH3.2ClH.H3N.Pt/c1-2-4-6-5-3-1;;;;;/h1-5H;1H3;2*1H;1H3;/q;-1;;;;. The number of halogens is 2. The van der Waals surface area contributed by atoms with E-state index in [-0.39, 0.29) is 59.5 Å². The van der Waals surface area contributed by atoms with E-state index in [1.165, 1.54) is 0 Å². The Kier molecular flexibility index (Phi) is 61.4. The van der Waals surface area contributed by atoms with Crippen LogP contribution in [0.1, 0.15) is 0 Å². The fourth-order valence-electron chi connectivity index (χ4n) is 0.313. The zero-order chi connectivity index (χ0) is 4.24. The van der Waals surface area contributed by atoms with Crippen LogP contribution in [-0.4, -0.2) is 4.98 Å². The Labute approximate surface area is 94.9 Å². The van der Waals surface area contributed by atoms with Crippen LogP contribution in [0.3, 0.4) is 0 Å². The van der Waals surface area contributed by atoms with Gasteiger partial charge in [-0.25, -0.2) is 0 Å². The van der Waals surface area contributed by atoms with Gasteiger partial charge in [-0.15, -0.1) is 24.8 Å². The molecule has 72 valence electrons. The Hall–Kier alpha value is 0.378. The first-order valence-corrected chi connectivity index (χ1v) is 1.85. The predicted octanol–water partition coefficient (Wildman–Crippen LogP) is 2.53. The molecule has 1 rings (SSSR count). The van der Waals surface area contributed by atoms with Crippen LogP contribution in [0.5, 0.6) is 0 Å². The topological polar surface area (TPSA) is 47.9 Å².